The zero-order chi connectivity index (χ0) is 23.8. The number of rotatable bonds is 5. The first-order chi connectivity index (χ1) is 16.4. The fourth-order valence-corrected chi connectivity index (χ4v) is 4.07. The number of fused-ring (bicyclic) bond motifs is 2. The SMILES string of the molecule is Cc1ccccc1-n1ncc2c(C(C)C)nn(CC(=O)Nc3ccc4c(c3)OCCO4)c(=O)c21. The van der Waals surface area contributed by atoms with Crippen LogP contribution in [0.25, 0.3) is 16.6 Å². The second kappa shape index (κ2) is 8.66. The standard InChI is InChI=1S/C25H25N5O4/c1-15(2)23-18-13-26-30(19-7-5-4-6-16(19)3)24(18)25(32)29(28-23)14-22(31)27-17-8-9-20-21(12-17)34-11-10-33-20/h4-9,12-13,15H,10-11,14H2,1-3H3,(H,27,31). The lowest BCUT2D eigenvalue weighted by Crippen LogP contribution is -2.31. The van der Waals surface area contributed by atoms with Crippen molar-refractivity contribution in [2.45, 2.75) is 33.2 Å². The van der Waals surface area contributed by atoms with Crippen LogP contribution < -0.4 is 20.3 Å². The number of amides is 1. The van der Waals surface area contributed by atoms with Crippen molar-refractivity contribution in [2.24, 2.45) is 0 Å². The van der Waals surface area contributed by atoms with E-state index in [1.54, 1.807) is 29.1 Å². The number of aryl methyl sites for hydroxylation is 1. The Hall–Kier alpha value is -4.14. The van der Waals surface area contributed by atoms with Gasteiger partial charge in [-0.1, -0.05) is 32.0 Å². The quantitative estimate of drug-likeness (QED) is 0.491. The van der Waals surface area contributed by atoms with Crippen LogP contribution in [0, 0.1) is 6.92 Å². The molecule has 0 atom stereocenters. The number of ether oxygens (including phenoxy) is 2. The average molecular weight is 460 g/mol. The van der Waals surface area contributed by atoms with Gasteiger partial charge in [0.2, 0.25) is 5.91 Å². The number of benzene rings is 2. The van der Waals surface area contributed by atoms with Crippen LogP contribution in [0.15, 0.2) is 53.5 Å². The number of hydrogen-bond acceptors (Lipinski definition) is 6. The predicted molar refractivity (Wildman–Crippen MR) is 128 cm³/mol. The molecule has 4 aromatic rings. The molecule has 2 aromatic heterocycles. The summed E-state index contributed by atoms with van der Waals surface area (Å²) in [6, 6.07) is 12.9. The molecule has 5 rings (SSSR count). The first kappa shape index (κ1) is 21.7. The van der Waals surface area contributed by atoms with Crippen molar-refractivity contribution in [1.29, 1.82) is 0 Å². The fourth-order valence-electron chi connectivity index (χ4n) is 4.07. The highest BCUT2D eigenvalue weighted by Crippen LogP contribution is 2.32. The van der Waals surface area contributed by atoms with E-state index in [0.29, 0.717) is 47.0 Å². The molecule has 0 radical (unpaired) electrons. The Morgan fingerprint density at radius 3 is 2.65 bits per heavy atom. The molecule has 2 aromatic carbocycles. The van der Waals surface area contributed by atoms with Crippen LogP contribution in [0.3, 0.4) is 0 Å². The summed E-state index contributed by atoms with van der Waals surface area (Å²) in [7, 11) is 0. The molecule has 0 spiro atoms. The molecule has 1 N–H and O–H groups in total. The molecule has 0 saturated heterocycles. The molecule has 0 aliphatic carbocycles. The van der Waals surface area contributed by atoms with Crippen molar-refractivity contribution in [3.63, 3.8) is 0 Å². The Morgan fingerprint density at radius 2 is 1.88 bits per heavy atom. The number of para-hydroxylation sites is 1. The van der Waals surface area contributed by atoms with Gasteiger partial charge in [0, 0.05) is 17.1 Å². The van der Waals surface area contributed by atoms with E-state index in [4.69, 9.17) is 9.47 Å². The molecule has 1 amide bonds. The summed E-state index contributed by atoms with van der Waals surface area (Å²) in [5.41, 5.74) is 3.08. The largest absolute Gasteiger partial charge is 0.486 e. The topological polar surface area (TPSA) is 100 Å². The van der Waals surface area contributed by atoms with E-state index >= 15 is 0 Å². The van der Waals surface area contributed by atoms with Crippen molar-refractivity contribution >= 4 is 22.5 Å². The molecule has 3 heterocycles. The highest BCUT2D eigenvalue weighted by atomic mass is 16.6. The lowest BCUT2D eigenvalue weighted by Gasteiger charge is -2.19. The Labute approximate surface area is 195 Å². The van der Waals surface area contributed by atoms with E-state index in [-0.39, 0.29) is 23.9 Å². The van der Waals surface area contributed by atoms with E-state index in [1.165, 1.54) is 4.68 Å². The van der Waals surface area contributed by atoms with E-state index in [9.17, 15) is 9.59 Å². The molecule has 0 unspecified atom stereocenters. The van der Waals surface area contributed by atoms with Gasteiger partial charge in [-0.15, -0.1) is 0 Å². The molecule has 1 aliphatic heterocycles. The van der Waals surface area contributed by atoms with Crippen molar-refractivity contribution in [1.82, 2.24) is 19.6 Å². The molecule has 9 heteroatoms. The smallest absolute Gasteiger partial charge is 0.293 e. The number of aromatic nitrogens is 4. The van der Waals surface area contributed by atoms with Crippen LogP contribution in [0.1, 0.15) is 31.0 Å². The van der Waals surface area contributed by atoms with Gasteiger partial charge >= 0.3 is 0 Å². The lowest BCUT2D eigenvalue weighted by molar-refractivity contribution is -0.117. The first-order valence-corrected chi connectivity index (χ1v) is 11.2. The lowest BCUT2D eigenvalue weighted by atomic mass is 10.1. The average Bonchev–Trinajstić information content (AvgIpc) is 3.26. The Kier molecular flexibility index (Phi) is 5.53. The van der Waals surface area contributed by atoms with Gasteiger partial charge in [0.15, 0.2) is 11.5 Å². The van der Waals surface area contributed by atoms with E-state index in [1.807, 2.05) is 45.0 Å². The number of carbonyl (C=O) groups is 1. The van der Waals surface area contributed by atoms with Gasteiger partial charge in [-0.2, -0.15) is 10.2 Å². The highest BCUT2D eigenvalue weighted by molar-refractivity contribution is 5.91. The second-order valence-electron chi connectivity index (χ2n) is 8.51. The number of anilines is 1. The monoisotopic (exact) mass is 459 g/mol. The van der Waals surface area contributed by atoms with Crippen LogP contribution in [-0.4, -0.2) is 38.7 Å². The number of nitrogens with zero attached hydrogens (tertiary/aromatic N) is 4. The van der Waals surface area contributed by atoms with Gasteiger partial charge in [-0.3, -0.25) is 9.59 Å². The van der Waals surface area contributed by atoms with Crippen LogP contribution in [0.4, 0.5) is 5.69 Å². The summed E-state index contributed by atoms with van der Waals surface area (Å²) < 4.78 is 13.9. The minimum absolute atomic E-state index is 0.0322. The van der Waals surface area contributed by atoms with Crippen LogP contribution in [-0.2, 0) is 11.3 Å². The molecule has 174 valence electrons. The third-order valence-electron chi connectivity index (χ3n) is 5.72. The van der Waals surface area contributed by atoms with Crippen molar-refractivity contribution < 1.29 is 14.3 Å². The number of hydrogen-bond donors (Lipinski definition) is 1. The third-order valence-corrected chi connectivity index (χ3v) is 5.72. The second-order valence-corrected chi connectivity index (χ2v) is 8.51. The minimum Gasteiger partial charge on any atom is -0.486 e. The molecular formula is C25H25N5O4. The minimum atomic E-state index is -0.377. The number of nitrogens with one attached hydrogen (secondary N) is 1. The third kappa shape index (κ3) is 3.89. The maximum Gasteiger partial charge on any atom is 0.293 e. The summed E-state index contributed by atoms with van der Waals surface area (Å²) in [5, 5.41) is 12.5. The molecule has 1 aliphatic rings. The summed E-state index contributed by atoms with van der Waals surface area (Å²) in [6.07, 6.45) is 1.67. The van der Waals surface area contributed by atoms with Crippen molar-refractivity contribution in [3.8, 4) is 17.2 Å². The zero-order valence-electron chi connectivity index (χ0n) is 19.2. The van der Waals surface area contributed by atoms with Gasteiger partial charge in [-0.25, -0.2) is 9.36 Å². The molecule has 0 bridgehead atoms. The van der Waals surface area contributed by atoms with Crippen molar-refractivity contribution in [3.05, 3.63) is 70.3 Å². The molecule has 9 nitrogen and oxygen atoms in total. The normalized spacial score (nSPS) is 12.8. The Bertz CT molecular complexity index is 1450. The zero-order valence-corrected chi connectivity index (χ0v) is 19.2. The maximum absolute atomic E-state index is 13.5. The van der Waals surface area contributed by atoms with Crippen LogP contribution >= 0.6 is 0 Å². The molecule has 34 heavy (non-hydrogen) atoms. The van der Waals surface area contributed by atoms with Crippen molar-refractivity contribution in [2.75, 3.05) is 18.5 Å². The van der Waals surface area contributed by atoms with Gasteiger partial charge < -0.3 is 14.8 Å². The summed E-state index contributed by atoms with van der Waals surface area (Å²) in [6.45, 7) is 6.67. The van der Waals surface area contributed by atoms with E-state index < -0.39 is 0 Å². The van der Waals surface area contributed by atoms with Gasteiger partial charge in [0.05, 0.1) is 17.6 Å². The van der Waals surface area contributed by atoms with E-state index in [0.717, 1.165) is 11.3 Å². The van der Waals surface area contributed by atoms with Gasteiger partial charge in [-0.05, 0) is 36.6 Å². The van der Waals surface area contributed by atoms with Gasteiger partial charge in [0.25, 0.3) is 5.56 Å². The van der Waals surface area contributed by atoms with Gasteiger partial charge in [0.1, 0.15) is 25.3 Å². The van der Waals surface area contributed by atoms with Crippen LogP contribution in [0.5, 0.6) is 11.5 Å². The fraction of sp³-hybridized carbons (Fsp3) is 0.280. The first-order valence-electron chi connectivity index (χ1n) is 11.2. The molecule has 0 fully saturated rings. The maximum atomic E-state index is 13.5. The van der Waals surface area contributed by atoms with E-state index in [2.05, 4.69) is 15.5 Å². The summed E-state index contributed by atoms with van der Waals surface area (Å²) >= 11 is 0. The summed E-state index contributed by atoms with van der Waals surface area (Å²) in [5.74, 6) is 0.871. The number of carbonyl (C=O) groups excluding carboxylic acids is 1. The highest BCUT2D eigenvalue weighted by Gasteiger charge is 2.21. The Balaban J connectivity index is 1.51. The predicted octanol–water partition coefficient (Wildman–Crippen LogP) is 3.42. The van der Waals surface area contributed by atoms with Crippen LogP contribution in [0.2, 0.25) is 0 Å². The molecule has 0 saturated carbocycles. The summed E-state index contributed by atoms with van der Waals surface area (Å²) in [4.78, 5) is 26.3. The Morgan fingerprint density at radius 1 is 1.12 bits per heavy atom. The molecular weight excluding hydrogens is 434 g/mol.